The molecule has 2 atom stereocenters. The van der Waals surface area contributed by atoms with E-state index in [4.69, 9.17) is 17.2 Å². The molecule has 0 aromatic heterocycles. The Morgan fingerprint density at radius 3 is 1.69 bits per heavy atom. The molecule has 8 heteroatoms. The van der Waals surface area contributed by atoms with Crippen molar-refractivity contribution in [2.24, 2.45) is 17.2 Å². The van der Waals surface area contributed by atoms with E-state index in [1.165, 1.54) is 69.9 Å². The van der Waals surface area contributed by atoms with Crippen LogP contribution in [0.3, 0.4) is 0 Å². The van der Waals surface area contributed by atoms with Crippen LogP contribution in [-0.4, -0.2) is 23.4 Å². The highest BCUT2D eigenvalue weighted by atomic mass is 16.2. The summed E-state index contributed by atoms with van der Waals surface area (Å²) in [5, 5.41) is 4.00. The highest BCUT2D eigenvalue weighted by Crippen LogP contribution is 2.40. The molecule has 0 bridgehead atoms. The van der Waals surface area contributed by atoms with Crippen molar-refractivity contribution in [2.75, 3.05) is 5.32 Å². The molecule has 4 rings (SSSR count). The minimum Gasteiger partial charge on any atom is -0.367 e. The number of carbonyl (C=O) groups excluding carboxylic acids is 4. The van der Waals surface area contributed by atoms with E-state index in [0.29, 0.717) is 16.5 Å². The van der Waals surface area contributed by atoms with Crippen molar-refractivity contribution in [3.63, 3.8) is 0 Å². The van der Waals surface area contributed by atoms with Gasteiger partial charge in [0.25, 0.3) is 5.91 Å². The van der Waals surface area contributed by atoms with Crippen molar-refractivity contribution in [3.05, 3.63) is 77.4 Å². The smallest absolute Gasteiger partial charge is 0.257 e. The first-order valence-corrected chi connectivity index (χ1v) is 15.0. The van der Waals surface area contributed by atoms with Gasteiger partial charge in [-0.2, -0.15) is 0 Å². The average Bonchev–Trinajstić information content (AvgIpc) is 2.99. The van der Waals surface area contributed by atoms with Crippen molar-refractivity contribution in [2.45, 2.75) is 88.6 Å². The lowest BCUT2D eigenvalue weighted by molar-refractivity contribution is -0.150. The number of nitrogens with one attached hydrogen (secondary N) is 1. The van der Waals surface area contributed by atoms with Crippen molar-refractivity contribution in [3.8, 4) is 0 Å². The van der Waals surface area contributed by atoms with Gasteiger partial charge in [-0.25, -0.2) is 0 Å². The maximum Gasteiger partial charge on any atom is 0.257 e. The number of primary amides is 1. The molecule has 2 unspecified atom stereocenters. The highest BCUT2D eigenvalue weighted by molar-refractivity contribution is 6.52. The first-order chi connectivity index (χ1) is 20.1. The zero-order valence-corrected chi connectivity index (χ0v) is 24.4. The molecule has 222 valence electrons. The van der Waals surface area contributed by atoms with Crippen molar-refractivity contribution < 1.29 is 19.2 Å². The molecule has 1 aliphatic carbocycles. The van der Waals surface area contributed by atoms with Gasteiger partial charge in [0.1, 0.15) is 0 Å². The van der Waals surface area contributed by atoms with Crippen LogP contribution >= 0.6 is 0 Å². The standard InChI is InChI=1S/C34H42N4O4/c1-2-3-4-5-6-7-8-9-10-11-14-23-17-19-26(20-18-23)38-32(42)34(37)28-22-25-16-13-12-15-24(25)21-27(28)33(36,31(35)41)29(39)30(34)40/h12-13,15-22H,2-11,14,36-37H2,1H3,(H2,35,41)(H,38,42). The second-order valence-electron chi connectivity index (χ2n) is 11.5. The Hall–Kier alpha value is -3.88. The van der Waals surface area contributed by atoms with Crippen LogP contribution in [0.2, 0.25) is 0 Å². The Morgan fingerprint density at radius 1 is 0.690 bits per heavy atom. The number of benzene rings is 3. The van der Waals surface area contributed by atoms with Gasteiger partial charge < -0.3 is 22.5 Å². The maximum atomic E-state index is 13.6. The molecule has 0 saturated carbocycles. The summed E-state index contributed by atoms with van der Waals surface area (Å²) in [6.45, 7) is 2.24. The van der Waals surface area contributed by atoms with Crippen LogP contribution in [0.25, 0.3) is 10.8 Å². The third kappa shape index (κ3) is 6.15. The van der Waals surface area contributed by atoms with Crippen LogP contribution in [-0.2, 0) is 36.7 Å². The molecule has 0 radical (unpaired) electrons. The molecule has 3 aromatic carbocycles. The van der Waals surface area contributed by atoms with E-state index in [1.807, 2.05) is 12.1 Å². The summed E-state index contributed by atoms with van der Waals surface area (Å²) in [5.41, 5.74) is 14.9. The van der Waals surface area contributed by atoms with Crippen molar-refractivity contribution in [1.82, 2.24) is 0 Å². The Kier molecular flexibility index (Phi) is 9.91. The molecule has 8 nitrogen and oxygen atoms in total. The molecule has 42 heavy (non-hydrogen) atoms. The summed E-state index contributed by atoms with van der Waals surface area (Å²) in [5.74, 6) is -4.70. The Bertz CT molecular complexity index is 1470. The van der Waals surface area contributed by atoms with Crippen LogP contribution in [0.1, 0.15) is 87.8 Å². The van der Waals surface area contributed by atoms with E-state index < -0.39 is 34.5 Å². The topological polar surface area (TPSA) is 158 Å². The largest absolute Gasteiger partial charge is 0.367 e. The molecular weight excluding hydrogens is 528 g/mol. The predicted octanol–water partition coefficient (Wildman–Crippen LogP) is 4.89. The fourth-order valence-corrected chi connectivity index (χ4v) is 5.77. The number of anilines is 1. The molecule has 0 aliphatic heterocycles. The summed E-state index contributed by atoms with van der Waals surface area (Å²) >= 11 is 0. The van der Waals surface area contributed by atoms with E-state index in [-0.39, 0.29) is 11.1 Å². The van der Waals surface area contributed by atoms with Gasteiger partial charge >= 0.3 is 0 Å². The van der Waals surface area contributed by atoms with E-state index in [0.717, 1.165) is 18.4 Å². The SMILES string of the molecule is CCCCCCCCCCCCc1ccc(NC(=O)C2(N)C(=O)C(=O)C(N)(C(N)=O)c3cc4ccccc4cc32)cc1. The lowest BCUT2D eigenvalue weighted by Crippen LogP contribution is -2.69. The van der Waals surface area contributed by atoms with E-state index in [9.17, 15) is 19.2 Å². The van der Waals surface area contributed by atoms with Gasteiger partial charge in [0, 0.05) is 5.69 Å². The lowest BCUT2D eigenvalue weighted by atomic mass is 9.65. The number of fused-ring (bicyclic) bond motifs is 2. The molecular formula is C34H42N4O4. The van der Waals surface area contributed by atoms with Gasteiger partial charge in [-0.3, -0.25) is 19.2 Å². The minimum absolute atomic E-state index is 0.0258. The third-order valence-electron chi connectivity index (χ3n) is 8.44. The van der Waals surface area contributed by atoms with Crippen molar-refractivity contribution >= 4 is 39.8 Å². The number of rotatable bonds is 14. The minimum atomic E-state index is -2.43. The van der Waals surface area contributed by atoms with Crippen LogP contribution in [0.4, 0.5) is 5.69 Å². The van der Waals surface area contributed by atoms with Gasteiger partial charge in [-0.1, -0.05) is 101 Å². The summed E-state index contributed by atoms with van der Waals surface area (Å²) < 4.78 is 0. The molecule has 1 aliphatic rings. The molecule has 3 aromatic rings. The Labute approximate surface area is 247 Å². The molecule has 0 heterocycles. The van der Waals surface area contributed by atoms with Gasteiger partial charge in [0.05, 0.1) is 0 Å². The summed E-state index contributed by atoms with van der Waals surface area (Å²) in [6.07, 6.45) is 13.7. The average molecular weight is 571 g/mol. The number of amides is 2. The summed E-state index contributed by atoms with van der Waals surface area (Å²) in [6, 6.07) is 17.5. The zero-order valence-electron chi connectivity index (χ0n) is 24.4. The molecule has 7 N–H and O–H groups in total. The Morgan fingerprint density at radius 2 is 1.17 bits per heavy atom. The predicted molar refractivity (Wildman–Crippen MR) is 166 cm³/mol. The molecule has 0 saturated heterocycles. The number of carbonyl (C=O) groups is 4. The zero-order chi connectivity index (χ0) is 30.3. The number of ketones is 2. The summed E-state index contributed by atoms with van der Waals surface area (Å²) in [4.78, 5) is 52.6. The number of unbranched alkanes of at least 4 members (excludes halogenated alkanes) is 9. The summed E-state index contributed by atoms with van der Waals surface area (Å²) in [7, 11) is 0. The van der Waals surface area contributed by atoms with Gasteiger partial charge in [0.15, 0.2) is 11.1 Å². The van der Waals surface area contributed by atoms with Gasteiger partial charge in [-0.05, 0) is 64.6 Å². The second kappa shape index (κ2) is 13.4. The molecule has 0 fully saturated rings. The third-order valence-corrected chi connectivity index (χ3v) is 8.44. The van der Waals surface area contributed by atoms with E-state index >= 15 is 0 Å². The lowest BCUT2D eigenvalue weighted by Gasteiger charge is -2.39. The fourth-order valence-electron chi connectivity index (χ4n) is 5.77. The Balaban J connectivity index is 1.44. The normalized spacial score (nSPS) is 20.0. The fraction of sp³-hybridized carbons (Fsp3) is 0.412. The second-order valence-corrected chi connectivity index (χ2v) is 11.5. The molecule has 2 amide bonds. The first-order valence-electron chi connectivity index (χ1n) is 15.0. The van der Waals surface area contributed by atoms with E-state index in [2.05, 4.69) is 12.2 Å². The highest BCUT2D eigenvalue weighted by Gasteiger charge is 2.61. The maximum absolute atomic E-state index is 13.6. The quantitative estimate of drug-likeness (QED) is 0.123. The van der Waals surface area contributed by atoms with Crippen LogP contribution < -0.4 is 22.5 Å². The van der Waals surface area contributed by atoms with Crippen LogP contribution in [0.15, 0.2) is 60.7 Å². The monoisotopic (exact) mass is 570 g/mol. The molecule has 0 spiro atoms. The van der Waals surface area contributed by atoms with E-state index in [1.54, 1.807) is 36.4 Å². The first kappa shape index (κ1) is 31.1. The number of Topliss-reactive ketones (excluding diaryl/α,β-unsaturated/α-hetero) is 2. The number of nitrogens with two attached hydrogens (primary N) is 3. The van der Waals surface area contributed by atoms with Gasteiger partial charge in [0.2, 0.25) is 17.5 Å². The number of hydrogen-bond acceptors (Lipinski definition) is 6. The van der Waals surface area contributed by atoms with Crippen LogP contribution in [0, 0.1) is 0 Å². The van der Waals surface area contributed by atoms with Crippen molar-refractivity contribution in [1.29, 1.82) is 0 Å². The number of aryl methyl sites for hydroxylation is 1. The van der Waals surface area contributed by atoms with Crippen LogP contribution in [0.5, 0.6) is 0 Å². The van der Waals surface area contributed by atoms with Gasteiger partial charge in [-0.15, -0.1) is 0 Å². The number of hydrogen-bond donors (Lipinski definition) is 4.